The number of ether oxygens (including phenoxy) is 2. The number of fused-ring (bicyclic) bond motifs is 1. The van der Waals surface area contributed by atoms with Gasteiger partial charge in [-0.15, -0.1) is 11.3 Å². The van der Waals surface area contributed by atoms with E-state index < -0.39 is 5.97 Å². The van der Waals surface area contributed by atoms with Gasteiger partial charge in [0.15, 0.2) is 11.5 Å². The number of nitrogens with zero attached hydrogens (tertiary/aromatic N) is 1. The molecule has 0 bridgehead atoms. The van der Waals surface area contributed by atoms with E-state index in [-0.39, 0.29) is 25.0 Å². The topological polar surface area (TPSA) is 97.8 Å². The molecule has 8 heteroatoms. The third kappa shape index (κ3) is 3.65. The van der Waals surface area contributed by atoms with E-state index in [1.807, 2.05) is 18.2 Å². The number of hydrogen-bond donors (Lipinski definition) is 2. The van der Waals surface area contributed by atoms with E-state index in [1.54, 1.807) is 6.92 Å². The van der Waals surface area contributed by atoms with Crippen molar-refractivity contribution in [3.05, 3.63) is 29.3 Å². The van der Waals surface area contributed by atoms with Crippen LogP contribution in [0.25, 0.3) is 10.6 Å². The summed E-state index contributed by atoms with van der Waals surface area (Å²) in [4.78, 5) is 27.5. The van der Waals surface area contributed by atoms with Crippen LogP contribution in [0.1, 0.15) is 23.0 Å². The van der Waals surface area contributed by atoms with Crippen LogP contribution in [0.5, 0.6) is 11.5 Å². The van der Waals surface area contributed by atoms with E-state index in [0.717, 1.165) is 5.56 Å². The molecule has 126 valence electrons. The van der Waals surface area contributed by atoms with Crippen molar-refractivity contribution >= 4 is 23.2 Å². The van der Waals surface area contributed by atoms with Gasteiger partial charge in [0.05, 0.1) is 6.20 Å². The Balaban J connectivity index is 1.64. The summed E-state index contributed by atoms with van der Waals surface area (Å²) < 4.78 is 10.6. The molecule has 2 heterocycles. The average molecular weight is 348 g/mol. The Bertz CT molecular complexity index is 774. The van der Waals surface area contributed by atoms with E-state index in [1.165, 1.54) is 17.5 Å². The Morgan fingerprint density at radius 1 is 1.38 bits per heavy atom. The van der Waals surface area contributed by atoms with Gasteiger partial charge in [-0.2, -0.15) is 0 Å². The normalized spacial score (nSPS) is 13.5. The number of rotatable bonds is 6. The van der Waals surface area contributed by atoms with Gasteiger partial charge in [-0.1, -0.05) is 6.92 Å². The molecular formula is C16H16N2O5S. The Morgan fingerprint density at radius 2 is 2.17 bits per heavy atom. The van der Waals surface area contributed by atoms with Crippen molar-refractivity contribution in [3.8, 4) is 22.1 Å². The Labute approximate surface area is 142 Å². The van der Waals surface area contributed by atoms with Crippen LogP contribution in [-0.2, 0) is 4.79 Å². The van der Waals surface area contributed by atoms with Gasteiger partial charge in [-0.3, -0.25) is 9.59 Å². The van der Waals surface area contributed by atoms with Crippen LogP contribution < -0.4 is 14.8 Å². The molecule has 1 atom stereocenters. The average Bonchev–Trinajstić information content (AvgIpc) is 3.20. The quantitative estimate of drug-likeness (QED) is 0.832. The van der Waals surface area contributed by atoms with Gasteiger partial charge in [0.2, 0.25) is 6.79 Å². The smallest absolute Gasteiger partial charge is 0.303 e. The first-order chi connectivity index (χ1) is 11.5. The van der Waals surface area contributed by atoms with Crippen molar-refractivity contribution in [1.29, 1.82) is 0 Å². The second-order valence-corrected chi connectivity index (χ2v) is 6.54. The number of hydrogen-bond acceptors (Lipinski definition) is 6. The Kier molecular flexibility index (Phi) is 4.66. The zero-order valence-electron chi connectivity index (χ0n) is 12.9. The van der Waals surface area contributed by atoms with Crippen molar-refractivity contribution < 1.29 is 24.2 Å². The van der Waals surface area contributed by atoms with Gasteiger partial charge in [0.25, 0.3) is 5.91 Å². The molecule has 7 nitrogen and oxygen atoms in total. The van der Waals surface area contributed by atoms with Crippen molar-refractivity contribution in [3.63, 3.8) is 0 Å². The third-order valence-electron chi connectivity index (χ3n) is 3.48. The van der Waals surface area contributed by atoms with Crippen molar-refractivity contribution in [2.45, 2.75) is 13.3 Å². The summed E-state index contributed by atoms with van der Waals surface area (Å²) >= 11 is 1.27. The van der Waals surface area contributed by atoms with Crippen molar-refractivity contribution in [1.82, 2.24) is 10.3 Å². The number of benzene rings is 1. The van der Waals surface area contributed by atoms with Gasteiger partial charge in [-0.05, 0) is 24.1 Å². The first-order valence-electron chi connectivity index (χ1n) is 7.39. The molecule has 1 aliphatic rings. The highest BCUT2D eigenvalue weighted by atomic mass is 32.1. The standard InChI is InChI=1S/C16H16N2O5S/c1-9(4-14(19)20)6-17-15(21)13-7-18-16(24-13)10-2-3-11-12(5-10)23-8-22-11/h2-3,5,7,9H,4,6,8H2,1H3,(H,17,21)(H,19,20). The highest BCUT2D eigenvalue weighted by molar-refractivity contribution is 7.16. The highest BCUT2D eigenvalue weighted by Crippen LogP contribution is 2.36. The lowest BCUT2D eigenvalue weighted by molar-refractivity contribution is -0.137. The fourth-order valence-electron chi connectivity index (χ4n) is 2.27. The van der Waals surface area contributed by atoms with Gasteiger partial charge in [-0.25, -0.2) is 4.98 Å². The Morgan fingerprint density at radius 3 is 2.96 bits per heavy atom. The highest BCUT2D eigenvalue weighted by Gasteiger charge is 2.17. The molecule has 0 spiro atoms. The van der Waals surface area contributed by atoms with E-state index in [9.17, 15) is 9.59 Å². The summed E-state index contributed by atoms with van der Waals surface area (Å²) in [7, 11) is 0. The van der Waals surface area contributed by atoms with E-state index in [4.69, 9.17) is 14.6 Å². The number of nitrogens with one attached hydrogen (secondary N) is 1. The lowest BCUT2D eigenvalue weighted by atomic mass is 10.1. The van der Waals surface area contributed by atoms with Crippen LogP contribution in [0.3, 0.4) is 0 Å². The minimum atomic E-state index is -0.875. The molecule has 2 N–H and O–H groups in total. The number of carbonyl (C=O) groups is 2. The van der Waals surface area contributed by atoms with Crippen LogP contribution in [0.2, 0.25) is 0 Å². The maximum absolute atomic E-state index is 12.1. The molecule has 0 saturated heterocycles. The van der Waals surface area contributed by atoms with Gasteiger partial charge in [0.1, 0.15) is 9.88 Å². The summed E-state index contributed by atoms with van der Waals surface area (Å²) in [6.45, 7) is 2.29. The molecule has 1 amide bonds. The number of aliphatic carboxylic acids is 1. The Hall–Kier alpha value is -2.61. The van der Waals surface area contributed by atoms with Crippen LogP contribution in [0, 0.1) is 5.92 Å². The zero-order chi connectivity index (χ0) is 17.1. The summed E-state index contributed by atoms with van der Waals surface area (Å²) in [5.74, 6) is 0.0981. The van der Waals surface area contributed by atoms with Crippen LogP contribution in [-0.4, -0.2) is 35.3 Å². The molecule has 1 unspecified atom stereocenters. The zero-order valence-corrected chi connectivity index (χ0v) is 13.8. The van der Waals surface area contributed by atoms with E-state index >= 15 is 0 Å². The number of aromatic nitrogens is 1. The third-order valence-corrected chi connectivity index (χ3v) is 4.53. The fraction of sp³-hybridized carbons (Fsp3) is 0.312. The fourth-order valence-corrected chi connectivity index (χ4v) is 3.10. The summed E-state index contributed by atoms with van der Waals surface area (Å²) in [6.07, 6.45) is 1.53. The lowest BCUT2D eigenvalue weighted by Crippen LogP contribution is -2.28. The van der Waals surface area contributed by atoms with Crippen molar-refractivity contribution in [2.24, 2.45) is 5.92 Å². The molecule has 0 fully saturated rings. The predicted octanol–water partition coefficient (Wildman–Crippen LogP) is 2.38. The number of amides is 1. The minimum absolute atomic E-state index is 0.0193. The maximum Gasteiger partial charge on any atom is 0.303 e. The number of carboxylic acids is 1. The molecule has 1 aromatic heterocycles. The second kappa shape index (κ2) is 6.88. The molecule has 3 rings (SSSR count). The summed E-state index contributed by atoms with van der Waals surface area (Å²) in [5.41, 5.74) is 0.850. The van der Waals surface area contributed by atoms with E-state index in [2.05, 4.69) is 10.3 Å². The lowest BCUT2D eigenvalue weighted by Gasteiger charge is -2.09. The molecule has 24 heavy (non-hydrogen) atoms. The number of thiazole rings is 1. The first-order valence-corrected chi connectivity index (χ1v) is 8.20. The van der Waals surface area contributed by atoms with Crippen LogP contribution >= 0.6 is 11.3 Å². The van der Waals surface area contributed by atoms with Gasteiger partial charge >= 0.3 is 5.97 Å². The first kappa shape index (κ1) is 16.3. The molecule has 0 aliphatic carbocycles. The van der Waals surface area contributed by atoms with Crippen LogP contribution in [0.15, 0.2) is 24.4 Å². The number of carbonyl (C=O) groups excluding carboxylic acids is 1. The molecule has 1 aromatic carbocycles. The number of carboxylic acid groups (broad SMARTS) is 1. The SMILES string of the molecule is CC(CNC(=O)c1cnc(-c2ccc3c(c2)OCO3)s1)CC(=O)O. The molecular weight excluding hydrogens is 332 g/mol. The maximum atomic E-state index is 12.1. The van der Waals surface area contributed by atoms with E-state index in [0.29, 0.717) is 27.9 Å². The summed E-state index contributed by atoms with van der Waals surface area (Å²) in [6, 6.07) is 5.51. The molecule has 2 aromatic rings. The molecule has 0 saturated carbocycles. The van der Waals surface area contributed by atoms with Crippen LogP contribution in [0.4, 0.5) is 0 Å². The second-order valence-electron chi connectivity index (χ2n) is 5.51. The molecule has 0 radical (unpaired) electrons. The molecule has 1 aliphatic heterocycles. The van der Waals surface area contributed by atoms with Gasteiger partial charge < -0.3 is 19.9 Å². The summed E-state index contributed by atoms with van der Waals surface area (Å²) in [5, 5.41) is 12.2. The van der Waals surface area contributed by atoms with Gasteiger partial charge in [0, 0.05) is 18.5 Å². The minimum Gasteiger partial charge on any atom is -0.481 e. The van der Waals surface area contributed by atoms with Crippen molar-refractivity contribution in [2.75, 3.05) is 13.3 Å². The predicted molar refractivity (Wildman–Crippen MR) is 87.4 cm³/mol. The largest absolute Gasteiger partial charge is 0.481 e. The monoisotopic (exact) mass is 348 g/mol.